The lowest BCUT2D eigenvalue weighted by molar-refractivity contribution is 0.0697. The number of aromatic carboxylic acids is 1. The summed E-state index contributed by atoms with van der Waals surface area (Å²) >= 11 is 1.33. The minimum Gasteiger partial charge on any atom is -0.508 e. The van der Waals surface area contributed by atoms with Crippen LogP contribution in [0, 0.1) is 0 Å². The van der Waals surface area contributed by atoms with E-state index in [1.54, 1.807) is 42.5 Å². The molecule has 7 heteroatoms. The average molecular weight is 441 g/mol. The van der Waals surface area contributed by atoms with Gasteiger partial charge in [-0.15, -0.1) is 11.3 Å². The van der Waals surface area contributed by atoms with Gasteiger partial charge in [-0.1, -0.05) is 59.8 Å². The Bertz CT molecular complexity index is 1470. The Morgan fingerprint density at radius 1 is 0.906 bits per heavy atom. The molecule has 5 rings (SSSR count). The summed E-state index contributed by atoms with van der Waals surface area (Å²) in [5, 5.41) is 23.7. The van der Waals surface area contributed by atoms with Crippen LogP contribution in [-0.2, 0) is 0 Å². The number of phenols is 1. The Balaban J connectivity index is 1.65. The molecule has 2 aromatic heterocycles. The van der Waals surface area contributed by atoms with Crippen molar-refractivity contribution in [3.63, 3.8) is 0 Å². The first-order valence-corrected chi connectivity index (χ1v) is 10.5. The molecule has 0 bridgehead atoms. The lowest BCUT2D eigenvalue weighted by Crippen LogP contribution is -2.00. The van der Waals surface area contributed by atoms with Crippen LogP contribution in [0.5, 0.6) is 5.75 Å². The van der Waals surface area contributed by atoms with Gasteiger partial charge in [0.05, 0.1) is 11.1 Å². The van der Waals surface area contributed by atoms with Crippen molar-refractivity contribution in [1.29, 1.82) is 0 Å². The normalized spacial score (nSPS) is 11.0. The van der Waals surface area contributed by atoms with Crippen LogP contribution in [0.2, 0.25) is 0 Å². The van der Waals surface area contributed by atoms with Gasteiger partial charge in [0.2, 0.25) is 5.78 Å². The van der Waals surface area contributed by atoms with Crippen LogP contribution in [0.25, 0.3) is 32.5 Å². The summed E-state index contributed by atoms with van der Waals surface area (Å²) in [4.78, 5) is 25.3. The van der Waals surface area contributed by atoms with Crippen molar-refractivity contribution in [2.24, 2.45) is 0 Å². The summed E-state index contributed by atoms with van der Waals surface area (Å²) in [6, 6.07) is 21.2. The van der Waals surface area contributed by atoms with Crippen molar-refractivity contribution in [1.82, 2.24) is 5.16 Å². The summed E-state index contributed by atoms with van der Waals surface area (Å²) in [6.07, 6.45) is 1.17. The van der Waals surface area contributed by atoms with E-state index >= 15 is 0 Å². The van der Waals surface area contributed by atoms with E-state index in [0.29, 0.717) is 16.0 Å². The first-order valence-electron chi connectivity index (χ1n) is 9.67. The molecule has 0 aliphatic heterocycles. The van der Waals surface area contributed by atoms with Crippen molar-refractivity contribution in [3.8, 4) is 28.2 Å². The number of benzene rings is 3. The topological polar surface area (TPSA) is 101 Å². The second kappa shape index (κ2) is 7.79. The van der Waals surface area contributed by atoms with Gasteiger partial charge in [-0.05, 0) is 23.8 Å². The van der Waals surface area contributed by atoms with E-state index < -0.39 is 5.97 Å². The molecule has 0 radical (unpaired) electrons. The molecule has 2 N–H and O–H groups in total. The predicted molar refractivity (Wildman–Crippen MR) is 121 cm³/mol. The summed E-state index contributed by atoms with van der Waals surface area (Å²) in [5.74, 6) is -0.922. The fourth-order valence-electron chi connectivity index (χ4n) is 3.64. The van der Waals surface area contributed by atoms with Gasteiger partial charge in [0.15, 0.2) is 5.76 Å². The molecule has 0 aliphatic carbocycles. The van der Waals surface area contributed by atoms with E-state index in [1.165, 1.54) is 17.5 Å². The van der Waals surface area contributed by atoms with E-state index in [4.69, 9.17) is 4.52 Å². The van der Waals surface area contributed by atoms with Gasteiger partial charge < -0.3 is 14.7 Å². The van der Waals surface area contributed by atoms with Crippen LogP contribution < -0.4 is 0 Å². The molecule has 0 amide bonds. The van der Waals surface area contributed by atoms with E-state index in [2.05, 4.69) is 5.16 Å². The minimum atomic E-state index is -1.12. The molecule has 6 nitrogen and oxygen atoms in total. The fourth-order valence-corrected chi connectivity index (χ4v) is 4.86. The molecule has 32 heavy (non-hydrogen) atoms. The zero-order valence-corrected chi connectivity index (χ0v) is 17.3. The molecule has 0 atom stereocenters. The third-order valence-corrected chi connectivity index (χ3v) is 6.30. The smallest absolute Gasteiger partial charge is 0.341 e. The number of carboxylic acids is 1. The molecule has 3 aromatic carbocycles. The van der Waals surface area contributed by atoms with Gasteiger partial charge in [-0.3, -0.25) is 4.79 Å². The minimum absolute atomic E-state index is 0.0193. The van der Waals surface area contributed by atoms with Gasteiger partial charge >= 0.3 is 5.97 Å². The highest BCUT2D eigenvalue weighted by Gasteiger charge is 2.22. The maximum atomic E-state index is 13.3. The monoisotopic (exact) mass is 441 g/mol. The second-order valence-electron chi connectivity index (χ2n) is 7.13. The predicted octanol–water partition coefficient (Wildman–Crippen LogP) is 5.86. The lowest BCUT2D eigenvalue weighted by atomic mass is 9.96. The first-order chi connectivity index (χ1) is 15.5. The van der Waals surface area contributed by atoms with Crippen LogP contribution in [0.1, 0.15) is 25.6 Å². The Morgan fingerprint density at radius 2 is 1.62 bits per heavy atom. The summed E-state index contributed by atoms with van der Waals surface area (Å²) in [6.45, 7) is 0. The summed E-state index contributed by atoms with van der Waals surface area (Å²) in [7, 11) is 0. The number of hydrogen-bond acceptors (Lipinski definition) is 6. The number of hydrogen-bond donors (Lipinski definition) is 2. The van der Waals surface area contributed by atoms with E-state index in [9.17, 15) is 19.8 Å². The van der Waals surface area contributed by atoms with Gasteiger partial charge in [0.25, 0.3) is 0 Å². The molecule has 5 aromatic rings. The molecule has 0 fully saturated rings. The summed E-state index contributed by atoms with van der Waals surface area (Å²) in [5.41, 5.74) is 2.68. The van der Waals surface area contributed by atoms with Crippen LogP contribution in [0.4, 0.5) is 0 Å². The number of phenolic OH excluding ortho intramolecular Hbond substituents is 1. The third kappa shape index (κ3) is 3.34. The number of ketones is 1. The quantitative estimate of drug-likeness (QED) is 0.331. The molecule has 156 valence electrons. The maximum absolute atomic E-state index is 13.3. The van der Waals surface area contributed by atoms with Crippen LogP contribution in [-0.4, -0.2) is 27.1 Å². The number of fused-ring (bicyclic) bond motifs is 1. The SMILES string of the molecule is O=C(O)c1cnoc1-c1ccc(-c2c(C(=O)c3ccccc3)sc3cc(O)ccc23)cc1. The second-order valence-corrected chi connectivity index (χ2v) is 8.19. The number of nitrogens with zero attached hydrogens (tertiary/aromatic N) is 1. The van der Waals surface area contributed by atoms with E-state index in [1.807, 2.05) is 30.3 Å². The third-order valence-electron chi connectivity index (χ3n) is 5.15. The van der Waals surface area contributed by atoms with Gasteiger partial charge in [-0.25, -0.2) is 4.79 Å². The largest absolute Gasteiger partial charge is 0.508 e. The highest BCUT2D eigenvalue weighted by molar-refractivity contribution is 7.21. The number of carbonyl (C=O) groups excluding carboxylic acids is 1. The van der Waals surface area contributed by atoms with Crippen molar-refractivity contribution >= 4 is 33.2 Å². The van der Waals surface area contributed by atoms with Crippen LogP contribution >= 0.6 is 11.3 Å². The van der Waals surface area contributed by atoms with Crippen molar-refractivity contribution < 1.29 is 24.3 Å². The number of aromatic nitrogens is 1. The molecular formula is C25H15NO5S. The molecule has 0 saturated carbocycles. The molecule has 0 unspecified atom stereocenters. The molecular weight excluding hydrogens is 426 g/mol. The zero-order valence-electron chi connectivity index (χ0n) is 16.5. The summed E-state index contributed by atoms with van der Waals surface area (Å²) < 4.78 is 5.93. The van der Waals surface area contributed by atoms with E-state index in [0.717, 1.165) is 21.2 Å². The van der Waals surface area contributed by atoms with Crippen LogP contribution in [0.15, 0.2) is 83.5 Å². The van der Waals surface area contributed by atoms with Crippen LogP contribution in [0.3, 0.4) is 0 Å². The highest BCUT2D eigenvalue weighted by Crippen LogP contribution is 2.41. The zero-order chi connectivity index (χ0) is 22.2. The number of aromatic hydroxyl groups is 1. The number of carboxylic acid groups (broad SMARTS) is 1. The highest BCUT2D eigenvalue weighted by atomic mass is 32.1. The Labute approximate surface area is 186 Å². The maximum Gasteiger partial charge on any atom is 0.341 e. The van der Waals surface area contributed by atoms with Gasteiger partial charge in [0, 0.05) is 26.8 Å². The number of thiophene rings is 1. The molecule has 0 spiro atoms. The standard InChI is InChI=1S/C25H15NO5S/c27-17-10-11-18-20(12-17)32-24(22(28)15-4-2-1-3-5-15)21(18)14-6-8-16(9-7-14)23-19(25(29)30)13-26-31-23/h1-13,27H,(H,29,30). The average Bonchev–Trinajstić information content (AvgIpc) is 3.44. The Kier molecular flexibility index (Phi) is 4.80. The molecule has 0 saturated heterocycles. The lowest BCUT2D eigenvalue weighted by Gasteiger charge is -2.07. The van der Waals surface area contributed by atoms with Crippen molar-refractivity contribution in [3.05, 3.63) is 95.0 Å². The number of rotatable bonds is 5. The fraction of sp³-hybridized carbons (Fsp3) is 0. The van der Waals surface area contributed by atoms with Crippen molar-refractivity contribution in [2.75, 3.05) is 0 Å². The Morgan fingerprint density at radius 3 is 2.34 bits per heavy atom. The first kappa shape index (κ1) is 19.7. The van der Waals surface area contributed by atoms with Crippen molar-refractivity contribution in [2.45, 2.75) is 0 Å². The number of carbonyl (C=O) groups is 2. The molecule has 0 aliphatic rings. The Hall–Kier alpha value is -4.23. The van der Waals surface area contributed by atoms with E-state index in [-0.39, 0.29) is 22.9 Å². The molecule has 2 heterocycles. The van der Waals surface area contributed by atoms with Gasteiger partial charge in [0.1, 0.15) is 11.3 Å². The van der Waals surface area contributed by atoms with Gasteiger partial charge in [-0.2, -0.15) is 0 Å².